The highest BCUT2D eigenvalue weighted by Gasteiger charge is 2.10. The average Bonchev–Trinajstić information content (AvgIpc) is 2.33. The molecule has 0 fully saturated rings. The van der Waals surface area contributed by atoms with Gasteiger partial charge in [0.2, 0.25) is 0 Å². The maximum absolute atomic E-state index is 2.41. The van der Waals surface area contributed by atoms with Crippen molar-refractivity contribution < 1.29 is 0 Å². The van der Waals surface area contributed by atoms with E-state index < -0.39 is 8.80 Å². The molecule has 10 heavy (non-hydrogen) atoms. The third-order valence-corrected chi connectivity index (χ3v) is 4.15. The SMILES string of the molecule is CCC1=C([SiH](C)C)CC=C1. The molecule has 0 aliphatic heterocycles. The van der Waals surface area contributed by atoms with E-state index in [2.05, 4.69) is 32.2 Å². The molecule has 0 aromatic carbocycles. The van der Waals surface area contributed by atoms with E-state index in [1.165, 1.54) is 12.8 Å². The van der Waals surface area contributed by atoms with Gasteiger partial charge in [0.05, 0.1) is 8.80 Å². The molecule has 56 valence electrons. The highest BCUT2D eigenvalue weighted by molar-refractivity contribution is 6.64. The van der Waals surface area contributed by atoms with Crippen molar-refractivity contribution in [3.05, 3.63) is 22.9 Å². The van der Waals surface area contributed by atoms with E-state index in [-0.39, 0.29) is 0 Å². The Morgan fingerprint density at radius 3 is 2.60 bits per heavy atom. The van der Waals surface area contributed by atoms with Gasteiger partial charge in [-0.15, -0.1) is 0 Å². The minimum atomic E-state index is -0.481. The summed E-state index contributed by atoms with van der Waals surface area (Å²) in [5.74, 6) is 0. The normalized spacial score (nSPS) is 17.6. The van der Waals surface area contributed by atoms with Gasteiger partial charge in [0, 0.05) is 0 Å². The second-order valence-corrected chi connectivity index (χ2v) is 6.17. The van der Waals surface area contributed by atoms with Crippen LogP contribution in [0.3, 0.4) is 0 Å². The lowest BCUT2D eigenvalue weighted by Crippen LogP contribution is -2.05. The number of hydrogen-bond acceptors (Lipinski definition) is 0. The van der Waals surface area contributed by atoms with Gasteiger partial charge in [-0.05, 0) is 12.8 Å². The number of rotatable bonds is 2. The molecule has 0 unspecified atom stereocenters. The largest absolute Gasteiger partial charge is 0.0806 e. The molecule has 0 saturated carbocycles. The number of hydrogen-bond donors (Lipinski definition) is 0. The molecule has 0 radical (unpaired) electrons. The first kappa shape index (κ1) is 7.80. The fourth-order valence-corrected chi connectivity index (χ4v) is 3.17. The maximum Gasteiger partial charge on any atom is 0.0603 e. The van der Waals surface area contributed by atoms with Gasteiger partial charge in [-0.1, -0.05) is 42.9 Å². The van der Waals surface area contributed by atoms with Crippen LogP contribution in [0.15, 0.2) is 22.9 Å². The second-order valence-electron chi connectivity index (χ2n) is 3.17. The van der Waals surface area contributed by atoms with E-state index in [1.807, 2.05) is 0 Å². The molecule has 0 spiro atoms. The lowest BCUT2D eigenvalue weighted by Gasteiger charge is -2.07. The summed E-state index contributed by atoms with van der Waals surface area (Å²) in [5, 5.41) is 1.78. The molecule has 0 aromatic rings. The minimum Gasteiger partial charge on any atom is -0.0806 e. The first-order valence-electron chi connectivity index (χ1n) is 4.14. The second kappa shape index (κ2) is 3.20. The summed E-state index contributed by atoms with van der Waals surface area (Å²) in [6, 6.07) is 0. The number of allylic oxidation sites excluding steroid dienone is 4. The molecule has 0 heterocycles. The Bertz CT molecular complexity index is 175. The van der Waals surface area contributed by atoms with Crippen molar-refractivity contribution in [2.24, 2.45) is 0 Å². The van der Waals surface area contributed by atoms with Gasteiger partial charge in [0.1, 0.15) is 0 Å². The van der Waals surface area contributed by atoms with Crippen molar-refractivity contribution >= 4 is 8.80 Å². The van der Waals surface area contributed by atoms with Gasteiger partial charge in [-0.2, -0.15) is 0 Å². The Labute approximate surface area is 65.3 Å². The topological polar surface area (TPSA) is 0 Å². The van der Waals surface area contributed by atoms with Gasteiger partial charge in [0.25, 0.3) is 0 Å². The van der Waals surface area contributed by atoms with Crippen LogP contribution >= 0.6 is 0 Å². The van der Waals surface area contributed by atoms with Crippen molar-refractivity contribution in [2.75, 3.05) is 0 Å². The maximum atomic E-state index is 2.41. The minimum absolute atomic E-state index is 0.481. The quantitative estimate of drug-likeness (QED) is 0.534. The van der Waals surface area contributed by atoms with Crippen LogP contribution in [0.5, 0.6) is 0 Å². The van der Waals surface area contributed by atoms with Crippen LogP contribution in [0.2, 0.25) is 13.1 Å². The summed E-state index contributed by atoms with van der Waals surface area (Å²) >= 11 is 0. The van der Waals surface area contributed by atoms with Crippen molar-refractivity contribution in [2.45, 2.75) is 32.9 Å². The van der Waals surface area contributed by atoms with Gasteiger partial charge in [-0.25, -0.2) is 0 Å². The molecule has 0 nitrogen and oxygen atoms in total. The third-order valence-electron chi connectivity index (χ3n) is 2.15. The molecule has 1 heteroatoms. The molecule has 0 bridgehead atoms. The van der Waals surface area contributed by atoms with Gasteiger partial charge < -0.3 is 0 Å². The lowest BCUT2D eigenvalue weighted by molar-refractivity contribution is 1.14. The van der Waals surface area contributed by atoms with Crippen LogP contribution in [0, 0.1) is 0 Å². The fourth-order valence-electron chi connectivity index (χ4n) is 1.52. The predicted molar refractivity (Wildman–Crippen MR) is 50.0 cm³/mol. The standard InChI is InChI=1S/C9H16Si/c1-4-8-6-5-7-9(8)10(2)3/h5-6,10H,4,7H2,1-3H3. The molecular weight excluding hydrogens is 136 g/mol. The van der Waals surface area contributed by atoms with Crippen LogP contribution in [0.25, 0.3) is 0 Å². The zero-order valence-electron chi connectivity index (χ0n) is 7.15. The van der Waals surface area contributed by atoms with Crippen LogP contribution in [0.4, 0.5) is 0 Å². The van der Waals surface area contributed by atoms with Crippen LogP contribution < -0.4 is 0 Å². The molecular formula is C9H16Si. The highest BCUT2D eigenvalue weighted by Crippen LogP contribution is 2.23. The molecule has 0 aromatic heterocycles. The third kappa shape index (κ3) is 1.40. The van der Waals surface area contributed by atoms with Crippen LogP contribution in [-0.4, -0.2) is 8.80 Å². The molecule has 0 N–H and O–H groups in total. The molecule has 0 atom stereocenters. The summed E-state index contributed by atoms with van der Waals surface area (Å²) < 4.78 is 0. The highest BCUT2D eigenvalue weighted by atomic mass is 28.3. The van der Waals surface area contributed by atoms with E-state index >= 15 is 0 Å². The molecule has 1 aliphatic rings. The zero-order valence-corrected chi connectivity index (χ0v) is 8.30. The van der Waals surface area contributed by atoms with Crippen LogP contribution in [0.1, 0.15) is 19.8 Å². The Balaban J connectivity index is 2.75. The smallest absolute Gasteiger partial charge is 0.0603 e. The molecule has 0 saturated heterocycles. The van der Waals surface area contributed by atoms with E-state index in [0.717, 1.165) is 0 Å². The summed E-state index contributed by atoms with van der Waals surface area (Å²) in [5.41, 5.74) is 1.63. The van der Waals surface area contributed by atoms with Crippen molar-refractivity contribution in [1.29, 1.82) is 0 Å². The first-order valence-corrected chi connectivity index (χ1v) is 7.02. The first-order chi connectivity index (χ1) is 4.75. The van der Waals surface area contributed by atoms with Crippen molar-refractivity contribution in [3.8, 4) is 0 Å². The van der Waals surface area contributed by atoms with E-state index in [4.69, 9.17) is 0 Å². The fraction of sp³-hybridized carbons (Fsp3) is 0.556. The zero-order chi connectivity index (χ0) is 7.56. The van der Waals surface area contributed by atoms with E-state index in [0.29, 0.717) is 0 Å². The molecule has 1 aliphatic carbocycles. The Morgan fingerprint density at radius 2 is 2.20 bits per heavy atom. The lowest BCUT2D eigenvalue weighted by atomic mass is 10.2. The Hall–Kier alpha value is -0.303. The van der Waals surface area contributed by atoms with Gasteiger partial charge >= 0.3 is 0 Å². The van der Waals surface area contributed by atoms with Gasteiger partial charge in [-0.3, -0.25) is 0 Å². The van der Waals surface area contributed by atoms with Crippen LogP contribution in [-0.2, 0) is 0 Å². The summed E-state index contributed by atoms with van der Waals surface area (Å²) in [7, 11) is -0.481. The molecule has 1 rings (SSSR count). The average molecular weight is 152 g/mol. The molecule has 0 amide bonds. The van der Waals surface area contributed by atoms with E-state index in [9.17, 15) is 0 Å². The van der Waals surface area contributed by atoms with Crippen molar-refractivity contribution in [1.82, 2.24) is 0 Å². The monoisotopic (exact) mass is 152 g/mol. The Morgan fingerprint density at radius 1 is 1.50 bits per heavy atom. The summed E-state index contributed by atoms with van der Waals surface area (Å²) in [6.45, 7) is 7.08. The van der Waals surface area contributed by atoms with E-state index in [1.54, 1.807) is 10.8 Å². The Kier molecular flexibility index (Phi) is 2.49. The van der Waals surface area contributed by atoms with Gasteiger partial charge in [0.15, 0.2) is 0 Å². The predicted octanol–water partition coefficient (Wildman–Crippen LogP) is 2.68. The van der Waals surface area contributed by atoms with Crippen molar-refractivity contribution in [3.63, 3.8) is 0 Å². The summed E-state index contributed by atoms with van der Waals surface area (Å²) in [6.07, 6.45) is 7.10. The summed E-state index contributed by atoms with van der Waals surface area (Å²) in [4.78, 5) is 0.